The maximum atomic E-state index is 6.02. The van der Waals surface area contributed by atoms with Gasteiger partial charge in [0.2, 0.25) is 0 Å². The lowest BCUT2D eigenvalue weighted by Crippen LogP contribution is -3.12. The van der Waals surface area contributed by atoms with Crippen LogP contribution in [-0.2, 0) is 4.74 Å². The van der Waals surface area contributed by atoms with E-state index in [1.165, 1.54) is 71.4 Å². The van der Waals surface area contributed by atoms with Gasteiger partial charge in [-0.1, -0.05) is 0 Å². The molecular weight excluding hydrogens is 274 g/mol. The summed E-state index contributed by atoms with van der Waals surface area (Å²) >= 11 is 0. The largest absolute Gasteiger partial charge is 0.376 e. The highest BCUT2D eigenvalue weighted by atomic mass is 16.5. The molecule has 0 unspecified atom stereocenters. The monoisotopic (exact) mass is 314 g/mol. The molecule has 0 spiro atoms. The zero-order chi connectivity index (χ0) is 16.1. The van der Waals surface area contributed by atoms with Crippen LogP contribution in [0.4, 0.5) is 0 Å². The summed E-state index contributed by atoms with van der Waals surface area (Å²) in [6.45, 7) is 13.6. The van der Waals surface area contributed by atoms with Crippen LogP contribution in [0.5, 0.6) is 0 Å². The second-order valence-corrected chi connectivity index (χ2v) is 8.76. The molecule has 4 N–H and O–H groups in total. The van der Waals surface area contributed by atoms with Crippen molar-refractivity contribution < 1.29 is 19.9 Å². The number of nitrogens with two attached hydrogens (primary N) is 1. The molecule has 130 valence electrons. The quantitative estimate of drug-likeness (QED) is 0.461. The predicted molar refractivity (Wildman–Crippen MR) is 90.4 cm³/mol. The molecular formula is C18H40N3O+3. The minimum absolute atomic E-state index is 0.0685. The highest BCUT2D eigenvalue weighted by Gasteiger charge is 2.45. The van der Waals surface area contributed by atoms with Crippen LogP contribution in [0.2, 0.25) is 0 Å². The normalized spacial score (nSPS) is 29.3. The third-order valence-electron chi connectivity index (χ3n) is 5.52. The van der Waals surface area contributed by atoms with Crippen molar-refractivity contribution in [2.75, 3.05) is 60.0 Å². The molecule has 2 aliphatic heterocycles. The SMILES string of the molecule is C[NH+](C)CCC[NH2+]C[C@@]1(C[NH+]2CCCC2)CCOC(C)(C)C1. The molecule has 0 saturated carbocycles. The van der Waals surface area contributed by atoms with Crippen molar-refractivity contribution in [3.63, 3.8) is 0 Å². The third-order valence-corrected chi connectivity index (χ3v) is 5.52. The molecule has 2 heterocycles. The minimum atomic E-state index is 0.0685. The molecule has 2 rings (SSSR count). The van der Waals surface area contributed by atoms with Gasteiger partial charge in [0.1, 0.15) is 0 Å². The van der Waals surface area contributed by atoms with E-state index >= 15 is 0 Å². The van der Waals surface area contributed by atoms with Gasteiger partial charge in [0.05, 0.1) is 64.4 Å². The molecule has 0 aliphatic carbocycles. The summed E-state index contributed by atoms with van der Waals surface area (Å²) in [6, 6.07) is 0. The number of nitrogens with one attached hydrogen (secondary N) is 2. The zero-order valence-corrected chi connectivity index (χ0v) is 15.5. The Balaban J connectivity index is 1.86. The van der Waals surface area contributed by atoms with Crippen LogP contribution in [0.25, 0.3) is 0 Å². The van der Waals surface area contributed by atoms with Gasteiger partial charge in [-0.25, -0.2) is 0 Å². The maximum absolute atomic E-state index is 6.02. The zero-order valence-electron chi connectivity index (χ0n) is 15.5. The Kier molecular flexibility index (Phi) is 6.69. The van der Waals surface area contributed by atoms with Crippen LogP contribution in [-0.4, -0.2) is 65.6 Å². The summed E-state index contributed by atoms with van der Waals surface area (Å²) in [4.78, 5) is 3.42. The molecule has 0 aromatic heterocycles. The lowest BCUT2D eigenvalue weighted by molar-refractivity contribution is -0.898. The average molecular weight is 315 g/mol. The number of hydrogen-bond acceptors (Lipinski definition) is 1. The van der Waals surface area contributed by atoms with Crippen LogP contribution < -0.4 is 15.1 Å². The summed E-state index contributed by atoms with van der Waals surface area (Å²) in [5.41, 5.74) is 0.561. The van der Waals surface area contributed by atoms with Crippen LogP contribution >= 0.6 is 0 Å². The van der Waals surface area contributed by atoms with Gasteiger partial charge in [0, 0.05) is 25.9 Å². The van der Waals surface area contributed by atoms with E-state index in [1.807, 2.05) is 4.90 Å². The average Bonchev–Trinajstić information content (AvgIpc) is 2.89. The Labute approximate surface area is 137 Å². The molecule has 0 bridgehead atoms. The lowest BCUT2D eigenvalue weighted by atomic mass is 9.73. The minimum Gasteiger partial charge on any atom is -0.376 e. The van der Waals surface area contributed by atoms with E-state index in [4.69, 9.17) is 4.74 Å². The summed E-state index contributed by atoms with van der Waals surface area (Å²) in [5.74, 6) is 0. The van der Waals surface area contributed by atoms with Crippen molar-refractivity contribution in [3.05, 3.63) is 0 Å². The summed E-state index contributed by atoms with van der Waals surface area (Å²) < 4.78 is 6.02. The summed E-state index contributed by atoms with van der Waals surface area (Å²) in [6.07, 6.45) is 6.68. The highest BCUT2D eigenvalue weighted by Crippen LogP contribution is 2.37. The first-order valence-corrected chi connectivity index (χ1v) is 9.49. The number of quaternary nitrogens is 3. The first-order chi connectivity index (χ1) is 10.4. The molecule has 2 aliphatic rings. The molecule has 1 atom stereocenters. The molecule has 2 saturated heterocycles. The van der Waals surface area contributed by atoms with Gasteiger partial charge in [0.15, 0.2) is 0 Å². The lowest BCUT2D eigenvalue weighted by Gasteiger charge is -2.44. The van der Waals surface area contributed by atoms with Gasteiger partial charge in [-0.05, 0) is 26.7 Å². The predicted octanol–water partition coefficient (Wildman–Crippen LogP) is -1.66. The number of likely N-dealkylation sites (tertiary alicyclic amines) is 1. The van der Waals surface area contributed by atoms with Gasteiger partial charge in [-0.2, -0.15) is 0 Å². The molecule has 4 nitrogen and oxygen atoms in total. The van der Waals surface area contributed by atoms with Crippen molar-refractivity contribution in [1.29, 1.82) is 0 Å². The second-order valence-electron chi connectivity index (χ2n) is 8.76. The maximum Gasteiger partial charge on any atom is 0.0884 e. The third kappa shape index (κ3) is 5.80. The Morgan fingerprint density at radius 3 is 2.55 bits per heavy atom. The van der Waals surface area contributed by atoms with E-state index in [-0.39, 0.29) is 5.60 Å². The fourth-order valence-electron chi connectivity index (χ4n) is 4.57. The summed E-state index contributed by atoms with van der Waals surface area (Å²) in [5, 5.41) is 2.60. The molecule has 0 amide bonds. The Morgan fingerprint density at radius 2 is 1.91 bits per heavy atom. The van der Waals surface area contributed by atoms with Crippen molar-refractivity contribution >= 4 is 0 Å². The van der Waals surface area contributed by atoms with Crippen molar-refractivity contribution in [3.8, 4) is 0 Å². The van der Waals surface area contributed by atoms with E-state index in [1.54, 1.807) is 4.90 Å². The Morgan fingerprint density at radius 1 is 1.18 bits per heavy atom. The van der Waals surface area contributed by atoms with Gasteiger partial charge >= 0.3 is 0 Å². The van der Waals surface area contributed by atoms with E-state index in [9.17, 15) is 0 Å². The number of rotatable bonds is 8. The fourth-order valence-corrected chi connectivity index (χ4v) is 4.57. The first-order valence-electron chi connectivity index (χ1n) is 9.49. The molecule has 22 heavy (non-hydrogen) atoms. The van der Waals surface area contributed by atoms with Gasteiger partial charge in [-0.3, -0.25) is 0 Å². The van der Waals surface area contributed by atoms with Crippen molar-refractivity contribution in [2.24, 2.45) is 5.41 Å². The van der Waals surface area contributed by atoms with Crippen LogP contribution in [0, 0.1) is 5.41 Å². The van der Waals surface area contributed by atoms with Crippen molar-refractivity contribution in [1.82, 2.24) is 0 Å². The standard InChI is InChI=1S/C18H37N3O/c1-17(2)14-18(8-13-22-17,16-21-11-5-6-12-21)15-19-9-7-10-20(3)4/h19H,5-16H2,1-4H3/p+3/t18-/m1/s1. The topological polar surface area (TPSA) is 34.7 Å². The van der Waals surface area contributed by atoms with E-state index in [2.05, 4.69) is 33.3 Å². The van der Waals surface area contributed by atoms with Crippen molar-refractivity contribution in [2.45, 2.75) is 51.6 Å². The van der Waals surface area contributed by atoms with E-state index < -0.39 is 0 Å². The molecule has 0 radical (unpaired) electrons. The smallest absolute Gasteiger partial charge is 0.0884 e. The Bertz CT molecular complexity index is 326. The van der Waals surface area contributed by atoms with Crippen LogP contribution in [0.1, 0.15) is 46.0 Å². The highest BCUT2D eigenvalue weighted by molar-refractivity contribution is 4.89. The van der Waals surface area contributed by atoms with Gasteiger partial charge in [0.25, 0.3) is 0 Å². The summed E-state index contributed by atoms with van der Waals surface area (Å²) in [7, 11) is 4.50. The van der Waals surface area contributed by atoms with E-state index in [0.717, 1.165) is 6.61 Å². The Hall–Kier alpha value is -0.160. The van der Waals surface area contributed by atoms with Gasteiger partial charge in [-0.15, -0.1) is 0 Å². The molecule has 0 aromatic carbocycles. The number of hydrogen-bond donors (Lipinski definition) is 3. The number of ether oxygens (including phenoxy) is 1. The second kappa shape index (κ2) is 8.09. The molecule has 2 fully saturated rings. The molecule has 0 aromatic rings. The van der Waals surface area contributed by atoms with Crippen LogP contribution in [0.15, 0.2) is 0 Å². The van der Waals surface area contributed by atoms with Gasteiger partial charge < -0.3 is 19.9 Å². The van der Waals surface area contributed by atoms with Crippen LogP contribution in [0.3, 0.4) is 0 Å². The van der Waals surface area contributed by atoms with E-state index in [0.29, 0.717) is 5.41 Å². The molecule has 4 heteroatoms. The first kappa shape index (κ1) is 18.2. The fraction of sp³-hybridized carbons (Fsp3) is 1.00.